The lowest BCUT2D eigenvalue weighted by Crippen LogP contribution is -2.65. The van der Waals surface area contributed by atoms with Crippen LogP contribution in [0, 0.1) is 45.3 Å². The van der Waals surface area contributed by atoms with Crippen LogP contribution in [-0.2, 0) is 28.6 Å². The van der Waals surface area contributed by atoms with E-state index in [-0.39, 0.29) is 41.1 Å². The van der Waals surface area contributed by atoms with Gasteiger partial charge in [-0.15, -0.1) is 0 Å². The number of benzene rings is 1. The van der Waals surface area contributed by atoms with Crippen molar-refractivity contribution in [2.45, 2.75) is 139 Å². The van der Waals surface area contributed by atoms with Crippen LogP contribution in [0.1, 0.15) is 126 Å². The summed E-state index contributed by atoms with van der Waals surface area (Å²) >= 11 is 0. The summed E-state index contributed by atoms with van der Waals surface area (Å²) in [7, 11) is 1.64. The van der Waals surface area contributed by atoms with E-state index in [1.54, 1.807) is 27.9 Å². The van der Waals surface area contributed by atoms with Crippen LogP contribution in [0.4, 0.5) is 0 Å². The van der Waals surface area contributed by atoms with Gasteiger partial charge in [-0.25, -0.2) is 4.79 Å². The number of hydrogen-bond donors (Lipinski definition) is 2. The Balaban J connectivity index is 1.61. The van der Waals surface area contributed by atoms with Gasteiger partial charge in [0.1, 0.15) is 11.9 Å². The normalized spacial score (nSPS) is 35.9. The van der Waals surface area contributed by atoms with Crippen LogP contribution >= 0.6 is 0 Å². The average Bonchev–Trinajstić information content (AvgIpc) is 3.35. The Kier molecular flexibility index (Phi) is 11.7. The summed E-state index contributed by atoms with van der Waals surface area (Å²) < 4.78 is 23.0. The molecule has 1 aromatic carbocycles. The Morgan fingerprint density at radius 2 is 1.58 bits per heavy atom. The Morgan fingerprint density at radius 3 is 2.21 bits per heavy atom. The number of rotatable bonds is 9. The largest absolute Gasteiger partial charge is 0.496 e. The van der Waals surface area contributed by atoms with Crippen LogP contribution in [0.25, 0.3) is 5.57 Å². The first-order valence-corrected chi connectivity index (χ1v) is 19.6. The first-order chi connectivity index (χ1) is 24.7. The molecule has 0 spiro atoms. The number of carbonyl (C=O) groups excluding carboxylic acids is 3. The molecule has 4 aliphatic rings. The lowest BCUT2D eigenvalue weighted by molar-refractivity contribution is -0.234. The average molecular weight is 737 g/mol. The van der Waals surface area contributed by atoms with E-state index >= 15 is 0 Å². The number of carbonyl (C=O) groups is 3. The van der Waals surface area contributed by atoms with E-state index in [2.05, 4.69) is 27.7 Å². The minimum atomic E-state index is -0.775. The smallest absolute Gasteiger partial charge is 0.336 e. The lowest BCUT2D eigenvalue weighted by atomic mass is 9.36. The van der Waals surface area contributed by atoms with Crippen molar-refractivity contribution in [2.24, 2.45) is 45.3 Å². The molecule has 9 nitrogen and oxygen atoms in total. The number of aliphatic hydroxyl groups is 2. The van der Waals surface area contributed by atoms with Gasteiger partial charge in [0.25, 0.3) is 0 Å². The van der Waals surface area contributed by atoms with Crippen LogP contribution in [0.3, 0.4) is 0 Å². The van der Waals surface area contributed by atoms with Crippen LogP contribution in [0.5, 0.6) is 5.75 Å². The first kappa shape index (κ1) is 41.0. The van der Waals surface area contributed by atoms with E-state index in [9.17, 15) is 24.6 Å². The van der Waals surface area contributed by atoms with Gasteiger partial charge < -0.3 is 29.2 Å². The molecule has 10 atom stereocenters. The highest BCUT2D eigenvalue weighted by molar-refractivity contribution is 5.90. The van der Waals surface area contributed by atoms with Gasteiger partial charge in [0.05, 0.1) is 24.7 Å². The van der Waals surface area contributed by atoms with Crippen molar-refractivity contribution < 1.29 is 43.5 Å². The van der Waals surface area contributed by atoms with E-state index in [4.69, 9.17) is 18.9 Å². The summed E-state index contributed by atoms with van der Waals surface area (Å²) in [5.41, 5.74) is 2.41. The predicted molar refractivity (Wildman–Crippen MR) is 203 cm³/mol. The van der Waals surface area contributed by atoms with E-state index < -0.39 is 47.7 Å². The second kappa shape index (κ2) is 15.2. The van der Waals surface area contributed by atoms with E-state index in [0.29, 0.717) is 42.7 Å². The number of para-hydroxylation sites is 1. The minimum absolute atomic E-state index is 0.0303. The fraction of sp³-hybridized carbons (Fsp3) is 0.705. The minimum Gasteiger partial charge on any atom is -0.496 e. The molecule has 4 fully saturated rings. The van der Waals surface area contributed by atoms with Gasteiger partial charge in [0.15, 0.2) is 0 Å². The maximum atomic E-state index is 14.4. The van der Waals surface area contributed by atoms with Gasteiger partial charge in [-0.3, -0.25) is 9.59 Å². The zero-order valence-corrected chi connectivity index (χ0v) is 34.0. The van der Waals surface area contributed by atoms with Crippen molar-refractivity contribution in [3.05, 3.63) is 46.5 Å². The number of allylic oxidation sites excluding steroid dienone is 2. The molecule has 9 heteroatoms. The molecule has 0 bridgehead atoms. The van der Waals surface area contributed by atoms with E-state index in [0.717, 1.165) is 41.7 Å². The number of esters is 3. The monoisotopic (exact) mass is 736 g/mol. The summed E-state index contributed by atoms with van der Waals surface area (Å²) in [5, 5.41) is 23.3. The topological polar surface area (TPSA) is 129 Å². The van der Waals surface area contributed by atoms with Crippen molar-refractivity contribution in [3.63, 3.8) is 0 Å². The summed E-state index contributed by atoms with van der Waals surface area (Å²) in [6, 6.07) is 7.80. The highest BCUT2D eigenvalue weighted by Gasteiger charge is 2.71. The van der Waals surface area contributed by atoms with Gasteiger partial charge >= 0.3 is 17.9 Å². The molecule has 0 radical (unpaired) electrons. The van der Waals surface area contributed by atoms with Gasteiger partial charge in [-0.05, 0) is 143 Å². The standard InChI is InChI=1S/C44H64O9/c1-25(2)28(29-14-12-13-15-35(29)50-11)16-17-30(39(48)51-24-52-40(49)41(5,6)7)37-32-22-34(47)38-42(8)20-19-33(46)26(3)31(42)18-21-43(38,9)44(32,10)23-36(37)53-27(4)45/h12-15,26,31-34,36,38,46-47H,16-24H2,1-11H3/b37-30-/t26-,31?,32?,33+,34+,36-,38-,42-,43-,44-/m0/s1. The SMILES string of the molecule is COc1ccccc1C(CC/C(C(=O)OCOC(=O)C(C)(C)C)=C1\C2C[C@@H](O)[C@H]3[C@@]4(C)CC[C@@H](O)[C@@H](C)C4CC[C@]3(C)[C@@]2(C)C[C@@H]1OC(C)=O)=C(C)C. The first-order valence-electron chi connectivity index (χ1n) is 19.6. The van der Waals surface area contributed by atoms with Crippen LogP contribution in [-0.4, -0.2) is 60.3 Å². The van der Waals surface area contributed by atoms with Crippen LogP contribution in [0.2, 0.25) is 0 Å². The third-order valence-corrected chi connectivity index (χ3v) is 14.3. The van der Waals surface area contributed by atoms with Crippen molar-refractivity contribution in [1.29, 1.82) is 0 Å². The third kappa shape index (κ3) is 7.33. The summed E-state index contributed by atoms with van der Waals surface area (Å²) in [6.45, 7) is 19.2. The number of methoxy groups -OCH3 is 1. The van der Waals surface area contributed by atoms with Crippen molar-refractivity contribution in [2.75, 3.05) is 13.9 Å². The Hall–Kier alpha value is -3.17. The van der Waals surface area contributed by atoms with Crippen LogP contribution in [0.15, 0.2) is 41.0 Å². The highest BCUT2D eigenvalue weighted by atomic mass is 16.7. The Bertz CT molecular complexity index is 1630. The van der Waals surface area contributed by atoms with Gasteiger partial charge in [0, 0.05) is 18.1 Å². The van der Waals surface area contributed by atoms with Gasteiger partial charge in [0.2, 0.25) is 6.79 Å². The molecule has 0 heterocycles. The predicted octanol–water partition coefficient (Wildman–Crippen LogP) is 8.21. The quantitative estimate of drug-likeness (QED) is 0.146. The number of hydrogen-bond acceptors (Lipinski definition) is 9. The van der Waals surface area contributed by atoms with Crippen LogP contribution < -0.4 is 4.74 Å². The molecule has 4 aliphatic carbocycles. The lowest BCUT2D eigenvalue weighted by Gasteiger charge is -2.69. The molecule has 0 aromatic heterocycles. The molecule has 0 amide bonds. The van der Waals surface area contributed by atoms with Crippen molar-refractivity contribution in [3.8, 4) is 5.75 Å². The third-order valence-electron chi connectivity index (χ3n) is 14.3. The number of aliphatic hydroxyl groups excluding tert-OH is 2. The second-order valence-electron chi connectivity index (χ2n) is 18.4. The van der Waals surface area contributed by atoms with Gasteiger partial charge in [-0.2, -0.15) is 0 Å². The summed E-state index contributed by atoms with van der Waals surface area (Å²) in [4.78, 5) is 39.9. The molecule has 1 aromatic rings. The van der Waals surface area contributed by atoms with E-state index in [1.807, 2.05) is 38.1 Å². The van der Waals surface area contributed by atoms with Gasteiger partial charge in [-0.1, -0.05) is 51.5 Å². The van der Waals surface area contributed by atoms with E-state index in [1.165, 1.54) is 6.92 Å². The molecule has 0 aliphatic heterocycles. The molecule has 53 heavy (non-hydrogen) atoms. The molecule has 2 N–H and O–H groups in total. The molecule has 5 rings (SSSR count). The zero-order chi connectivity index (χ0) is 39.3. The molecule has 2 unspecified atom stereocenters. The fourth-order valence-electron chi connectivity index (χ4n) is 11.5. The summed E-state index contributed by atoms with van der Waals surface area (Å²) in [5.74, 6) is -0.685. The molecular formula is C44H64O9. The molecule has 4 saturated carbocycles. The highest BCUT2D eigenvalue weighted by Crippen LogP contribution is 2.74. The molecule has 294 valence electrons. The second-order valence-corrected chi connectivity index (χ2v) is 18.4. The molecular weight excluding hydrogens is 672 g/mol. The molecule has 0 saturated heterocycles. The maximum absolute atomic E-state index is 14.4. The Morgan fingerprint density at radius 1 is 0.906 bits per heavy atom. The Labute approximate surface area is 316 Å². The number of ether oxygens (including phenoxy) is 4. The summed E-state index contributed by atoms with van der Waals surface area (Å²) in [6.07, 6.45) is 3.34. The van der Waals surface area contributed by atoms with Crippen molar-refractivity contribution in [1.82, 2.24) is 0 Å². The van der Waals surface area contributed by atoms with Crippen molar-refractivity contribution >= 4 is 23.5 Å². The number of fused-ring (bicyclic) bond motifs is 5. The maximum Gasteiger partial charge on any atom is 0.336 e. The zero-order valence-electron chi connectivity index (χ0n) is 34.0. The fourth-order valence-corrected chi connectivity index (χ4v) is 11.5.